The molecule has 0 aliphatic heterocycles. The number of ether oxygens (including phenoxy) is 1. The van der Waals surface area contributed by atoms with Crippen LogP contribution >= 0.6 is 10.7 Å². The fourth-order valence-corrected chi connectivity index (χ4v) is 1.93. The van der Waals surface area contributed by atoms with Crippen molar-refractivity contribution < 1.29 is 21.9 Å². The first-order chi connectivity index (χ1) is 7.88. The van der Waals surface area contributed by atoms with Crippen LogP contribution in [0, 0.1) is 24.0 Å². The fourth-order valence-electron chi connectivity index (χ4n) is 1.03. The van der Waals surface area contributed by atoms with Crippen LogP contribution in [-0.4, -0.2) is 15.0 Å². The van der Waals surface area contributed by atoms with Gasteiger partial charge in [0.25, 0.3) is 9.05 Å². The van der Waals surface area contributed by atoms with E-state index in [1.54, 1.807) is 0 Å². The molecule has 17 heavy (non-hydrogen) atoms. The molecule has 0 spiro atoms. The van der Waals surface area contributed by atoms with Crippen LogP contribution in [0.4, 0.5) is 8.78 Å². The van der Waals surface area contributed by atoms with Crippen LogP contribution in [-0.2, 0) is 9.05 Å². The molecule has 92 valence electrons. The predicted octanol–water partition coefficient (Wildman–Crippen LogP) is 2.29. The summed E-state index contributed by atoms with van der Waals surface area (Å²) in [6.07, 6.45) is 5.17. The molecule has 0 N–H and O–H groups in total. The summed E-state index contributed by atoms with van der Waals surface area (Å²) in [6, 6.07) is 1.80. The molecule has 3 nitrogen and oxygen atoms in total. The minimum atomic E-state index is -4.33. The van der Waals surface area contributed by atoms with Gasteiger partial charge in [0.2, 0.25) is 5.82 Å². The van der Waals surface area contributed by atoms with E-state index in [4.69, 9.17) is 21.8 Å². The summed E-state index contributed by atoms with van der Waals surface area (Å²) < 4.78 is 53.2. The Hall–Kier alpha value is -1.32. The summed E-state index contributed by atoms with van der Waals surface area (Å²) in [6.45, 7) is -0.000167. The van der Waals surface area contributed by atoms with Crippen molar-refractivity contribution >= 4 is 19.7 Å². The molecule has 1 rings (SSSR count). The van der Waals surface area contributed by atoms with E-state index in [1.807, 2.05) is 0 Å². The number of halogens is 3. The van der Waals surface area contributed by atoms with Gasteiger partial charge in [-0.15, -0.1) is 12.3 Å². The highest BCUT2D eigenvalue weighted by atomic mass is 35.7. The Labute approximate surface area is 102 Å². The Morgan fingerprint density at radius 1 is 1.35 bits per heavy atom. The molecule has 0 amide bonds. The summed E-state index contributed by atoms with van der Waals surface area (Å²) in [5, 5.41) is 0. The predicted molar refractivity (Wildman–Crippen MR) is 58.3 cm³/mol. The number of rotatable bonds is 4. The molecule has 7 heteroatoms. The molecule has 0 bridgehead atoms. The van der Waals surface area contributed by atoms with Crippen molar-refractivity contribution in [2.24, 2.45) is 0 Å². The van der Waals surface area contributed by atoms with Gasteiger partial charge in [0, 0.05) is 17.1 Å². The van der Waals surface area contributed by atoms with Gasteiger partial charge in [-0.25, -0.2) is 12.8 Å². The molecule has 0 aliphatic rings. The number of hydrogen-bond acceptors (Lipinski definition) is 3. The van der Waals surface area contributed by atoms with Gasteiger partial charge in [-0.1, -0.05) is 0 Å². The Morgan fingerprint density at radius 2 is 2.00 bits per heavy atom. The highest BCUT2D eigenvalue weighted by Crippen LogP contribution is 2.27. The average Bonchev–Trinajstić information content (AvgIpc) is 2.23. The van der Waals surface area contributed by atoms with E-state index < -0.39 is 31.3 Å². The van der Waals surface area contributed by atoms with Crippen LogP contribution in [0.2, 0.25) is 0 Å². The van der Waals surface area contributed by atoms with Crippen LogP contribution in [0.5, 0.6) is 5.75 Å². The van der Waals surface area contributed by atoms with E-state index in [9.17, 15) is 17.2 Å². The highest BCUT2D eigenvalue weighted by molar-refractivity contribution is 8.13. The first-order valence-electron chi connectivity index (χ1n) is 4.37. The van der Waals surface area contributed by atoms with E-state index in [2.05, 4.69) is 5.92 Å². The summed E-state index contributed by atoms with van der Waals surface area (Å²) in [4.78, 5) is -0.930. The molecule has 0 aromatic heterocycles. The van der Waals surface area contributed by atoms with Crippen molar-refractivity contribution in [3.63, 3.8) is 0 Å². The number of benzene rings is 1. The molecule has 0 fully saturated rings. The average molecular weight is 281 g/mol. The lowest BCUT2D eigenvalue weighted by atomic mass is 10.3. The van der Waals surface area contributed by atoms with Crippen LogP contribution in [0.25, 0.3) is 0 Å². The minimum Gasteiger partial charge on any atom is -0.489 e. The van der Waals surface area contributed by atoms with Gasteiger partial charge in [-0.3, -0.25) is 0 Å². The lowest BCUT2D eigenvalue weighted by Crippen LogP contribution is -2.03. The van der Waals surface area contributed by atoms with Crippen LogP contribution in [0.3, 0.4) is 0 Å². The minimum absolute atomic E-state index is 0.000167. The lowest BCUT2D eigenvalue weighted by molar-refractivity contribution is 0.301. The highest BCUT2D eigenvalue weighted by Gasteiger charge is 2.22. The van der Waals surface area contributed by atoms with Gasteiger partial charge in [0.05, 0.1) is 6.61 Å². The van der Waals surface area contributed by atoms with E-state index in [0.717, 1.165) is 12.1 Å². The second kappa shape index (κ2) is 5.34. The smallest absolute Gasteiger partial charge is 0.264 e. The van der Waals surface area contributed by atoms with Crippen molar-refractivity contribution in [2.75, 3.05) is 6.61 Å². The maximum absolute atomic E-state index is 13.3. The first-order valence-corrected chi connectivity index (χ1v) is 6.67. The third-order valence-electron chi connectivity index (χ3n) is 1.78. The van der Waals surface area contributed by atoms with Gasteiger partial charge in [-0.2, -0.15) is 4.39 Å². The first kappa shape index (κ1) is 13.7. The maximum Gasteiger partial charge on any atom is 0.264 e. The normalized spacial score (nSPS) is 10.9. The monoisotopic (exact) mass is 280 g/mol. The second-order valence-corrected chi connectivity index (χ2v) is 5.46. The Bertz CT molecular complexity index is 564. The van der Waals surface area contributed by atoms with Gasteiger partial charge in [-0.05, 0) is 12.1 Å². The van der Waals surface area contributed by atoms with E-state index in [1.165, 1.54) is 0 Å². The van der Waals surface area contributed by atoms with Crippen molar-refractivity contribution in [1.82, 2.24) is 0 Å². The van der Waals surface area contributed by atoms with Gasteiger partial charge < -0.3 is 4.74 Å². The largest absolute Gasteiger partial charge is 0.489 e. The van der Waals surface area contributed by atoms with Crippen LogP contribution < -0.4 is 4.74 Å². The molecular weight excluding hydrogens is 274 g/mol. The molecule has 0 heterocycles. The van der Waals surface area contributed by atoms with Crippen molar-refractivity contribution in [2.45, 2.75) is 11.3 Å². The zero-order valence-electron chi connectivity index (χ0n) is 8.41. The maximum atomic E-state index is 13.3. The molecule has 0 atom stereocenters. The molecule has 1 aromatic rings. The van der Waals surface area contributed by atoms with Crippen LogP contribution in [0.15, 0.2) is 17.0 Å². The standard InChI is InChI=1S/C10H7ClF2O3S/c1-2-3-6-16-7-4-5-8(17(11,14)15)10(13)9(7)12/h1,4-5H,3,6H2. The van der Waals surface area contributed by atoms with Gasteiger partial charge in [0.1, 0.15) is 4.90 Å². The zero-order chi connectivity index (χ0) is 13.1. The molecule has 0 saturated heterocycles. The Kier molecular flexibility index (Phi) is 4.32. The fraction of sp³-hybridized carbons (Fsp3) is 0.200. The topological polar surface area (TPSA) is 43.4 Å². The van der Waals surface area contributed by atoms with Crippen molar-refractivity contribution in [3.8, 4) is 18.1 Å². The third-order valence-corrected chi connectivity index (χ3v) is 3.12. The van der Waals surface area contributed by atoms with Gasteiger partial charge in [0.15, 0.2) is 11.6 Å². The molecule has 0 aliphatic carbocycles. The van der Waals surface area contributed by atoms with Crippen LogP contribution in [0.1, 0.15) is 6.42 Å². The summed E-state index contributed by atoms with van der Waals surface area (Å²) in [5.41, 5.74) is 0. The molecule has 0 radical (unpaired) electrons. The quantitative estimate of drug-likeness (QED) is 0.483. The zero-order valence-corrected chi connectivity index (χ0v) is 9.99. The molecular formula is C10H7ClF2O3S. The molecule has 0 saturated carbocycles. The van der Waals surface area contributed by atoms with Crippen molar-refractivity contribution in [1.29, 1.82) is 0 Å². The van der Waals surface area contributed by atoms with E-state index in [0.29, 0.717) is 0 Å². The Morgan fingerprint density at radius 3 is 2.53 bits per heavy atom. The second-order valence-electron chi connectivity index (χ2n) is 2.93. The van der Waals surface area contributed by atoms with E-state index in [-0.39, 0.29) is 13.0 Å². The summed E-state index contributed by atoms with van der Waals surface area (Å²) in [5.74, 6) is -1.15. The third kappa shape index (κ3) is 3.32. The van der Waals surface area contributed by atoms with Gasteiger partial charge >= 0.3 is 0 Å². The molecule has 0 unspecified atom stereocenters. The summed E-state index contributed by atoms with van der Waals surface area (Å²) >= 11 is 0. The lowest BCUT2D eigenvalue weighted by Gasteiger charge is -2.07. The van der Waals surface area contributed by atoms with E-state index >= 15 is 0 Å². The Balaban J connectivity index is 3.08. The van der Waals surface area contributed by atoms with Crippen molar-refractivity contribution in [3.05, 3.63) is 23.8 Å². The summed E-state index contributed by atoms with van der Waals surface area (Å²) in [7, 11) is 0.585. The SMILES string of the molecule is C#CCCOc1ccc(S(=O)(=O)Cl)c(F)c1F. The molecule has 1 aromatic carbocycles. The number of terminal acetylenes is 1. The number of hydrogen-bond donors (Lipinski definition) is 0.